The number of ether oxygens (including phenoxy) is 1. The van der Waals surface area contributed by atoms with Gasteiger partial charge in [-0.2, -0.15) is 0 Å². The Kier molecular flexibility index (Phi) is 4.61. The highest BCUT2D eigenvalue weighted by Gasteiger charge is 2.29. The number of nitrogens with one attached hydrogen (secondary N) is 1. The van der Waals surface area contributed by atoms with Crippen molar-refractivity contribution in [1.82, 2.24) is 5.32 Å². The zero-order valence-electron chi connectivity index (χ0n) is 12.8. The normalized spacial score (nSPS) is 21.0. The predicted molar refractivity (Wildman–Crippen MR) is 89.3 cm³/mol. The molecule has 3 heteroatoms. The lowest BCUT2D eigenvalue weighted by Crippen LogP contribution is -2.39. The fourth-order valence-electron chi connectivity index (χ4n) is 3.01. The Hall–Kier alpha value is -1.32. The van der Waals surface area contributed by atoms with E-state index in [4.69, 9.17) is 4.74 Å². The van der Waals surface area contributed by atoms with Crippen LogP contribution in [0, 0.1) is 0 Å². The molecule has 0 atom stereocenters. The molecule has 2 nitrogen and oxygen atoms in total. The highest BCUT2D eigenvalue weighted by molar-refractivity contribution is 7.10. The van der Waals surface area contributed by atoms with E-state index in [0.29, 0.717) is 12.0 Å². The quantitative estimate of drug-likeness (QED) is 0.856. The van der Waals surface area contributed by atoms with Crippen molar-refractivity contribution in [2.24, 2.45) is 0 Å². The van der Waals surface area contributed by atoms with Crippen molar-refractivity contribution < 1.29 is 4.74 Å². The van der Waals surface area contributed by atoms with Crippen LogP contribution < -0.4 is 10.1 Å². The third-order valence-corrected chi connectivity index (χ3v) is 5.46. The van der Waals surface area contributed by atoms with Crippen molar-refractivity contribution in [3.8, 4) is 5.75 Å². The molecule has 2 aromatic rings. The van der Waals surface area contributed by atoms with Gasteiger partial charge in [-0.15, -0.1) is 11.3 Å². The topological polar surface area (TPSA) is 21.3 Å². The molecule has 21 heavy (non-hydrogen) atoms. The lowest BCUT2D eigenvalue weighted by Gasteiger charge is -2.36. The standard InChI is InChI=1S/C18H23NOS/c1-3-13-8-9-21-18(13)12-19-16-10-15(11-16)14-4-6-17(20-2)7-5-14/h4-9,15-16,19H,3,10-12H2,1-2H3. The maximum atomic E-state index is 5.21. The first kappa shape index (κ1) is 14.6. The number of hydrogen-bond acceptors (Lipinski definition) is 3. The molecule has 1 aromatic heterocycles. The summed E-state index contributed by atoms with van der Waals surface area (Å²) in [4.78, 5) is 1.50. The maximum absolute atomic E-state index is 5.21. The summed E-state index contributed by atoms with van der Waals surface area (Å²) in [5.41, 5.74) is 2.94. The SMILES string of the molecule is CCc1ccsc1CNC1CC(c2ccc(OC)cc2)C1. The maximum Gasteiger partial charge on any atom is 0.118 e. The van der Waals surface area contributed by atoms with Crippen LogP contribution in [0.15, 0.2) is 35.7 Å². The van der Waals surface area contributed by atoms with Crippen LogP contribution in [-0.4, -0.2) is 13.2 Å². The van der Waals surface area contributed by atoms with Crippen LogP contribution in [0.3, 0.4) is 0 Å². The first-order chi connectivity index (χ1) is 10.3. The first-order valence-corrected chi connectivity index (χ1v) is 8.60. The molecule has 0 bridgehead atoms. The van der Waals surface area contributed by atoms with Crippen molar-refractivity contribution in [2.45, 2.75) is 44.7 Å². The number of aryl methyl sites for hydroxylation is 1. The van der Waals surface area contributed by atoms with Gasteiger partial charge in [0.15, 0.2) is 0 Å². The van der Waals surface area contributed by atoms with Gasteiger partial charge in [0.25, 0.3) is 0 Å². The van der Waals surface area contributed by atoms with Crippen LogP contribution in [0.2, 0.25) is 0 Å². The fourth-order valence-corrected chi connectivity index (χ4v) is 3.93. The van der Waals surface area contributed by atoms with Crippen LogP contribution in [0.4, 0.5) is 0 Å². The van der Waals surface area contributed by atoms with Crippen LogP contribution in [0.1, 0.15) is 41.7 Å². The highest BCUT2D eigenvalue weighted by atomic mass is 32.1. The summed E-state index contributed by atoms with van der Waals surface area (Å²) in [6.07, 6.45) is 3.64. The van der Waals surface area contributed by atoms with Crippen molar-refractivity contribution >= 4 is 11.3 Å². The minimum Gasteiger partial charge on any atom is -0.497 e. The molecule has 1 N–H and O–H groups in total. The second-order valence-corrected chi connectivity index (χ2v) is 6.74. The smallest absolute Gasteiger partial charge is 0.118 e. The molecule has 1 aromatic carbocycles. The molecule has 1 saturated carbocycles. The molecular weight excluding hydrogens is 278 g/mol. The molecule has 1 heterocycles. The van der Waals surface area contributed by atoms with Gasteiger partial charge in [-0.05, 0) is 59.9 Å². The second-order valence-electron chi connectivity index (χ2n) is 5.74. The predicted octanol–water partition coefficient (Wildman–Crippen LogP) is 4.35. The Labute approximate surface area is 131 Å². The van der Waals surface area contributed by atoms with Gasteiger partial charge >= 0.3 is 0 Å². The Morgan fingerprint density at radius 2 is 1.95 bits per heavy atom. The largest absolute Gasteiger partial charge is 0.497 e. The summed E-state index contributed by atoms with van der Waals surface area (Å²) in [6.45, 7) is 3.26. The molecule has 0 unspecified atom stereocenters. The zero-order chi connectivity index (χ0) is 14.7. The lowest BCUT2D eigenvalue weighted by molar-refractivity contribution is 0.290. The van der Waals surface area contributed by atoms with E-state index in [9.17, 15) is 0 Å². The van der Waals surface area contributed by atoms with E-state index in [0.717, 1.165) is 18.7 Å². The summed E-state index contributed by atoms with van der Waals surface area (Å²) in [7, 11) is 1.72. The minimum absolute atomic E-state index is 0.670. The lowest BCUT2D eigenvalue weighted by atomic mass is 9.76. The average Bonchev–Trinajstić information content (AvgIpc) is 2.94. The molecule has 0 amide bonds. The number of hydrogen-bond donors (Lipinski definition) is 1. The van der Waals surface area contributed by atoms with Gasteiger partial charge in [-0.1, -0.05) is 19.1 Å². The van der Waals surface area contributed by atoms with E-state index in [2.05, 4.69) is 48.0 Å². The number of methoxy groups -OCH3 is 1. The van der Waals surface area contributed by atoms with E-state index in [1.165, 1.54) is 28.8 Å². The van der Waals surface area contributed by atoms with Crippen LogP contribution in [0.25, 0.3) is 0 Å². The Morgan fingerprint density at radius 1 is 1.19 bits per heavy atom. The zero-order valence-corrected chi connectivity index (χ0v) is 13.6. The monoisotopic (exact) mass is 301 g/mol. The Morgan fingerprint density at radius 3 is 2.62 bits per heavy atom. The van der Waals surface area contributed by atoms with Gasteiger partial charge in [0.2, 0.25) is 0 Å². The van der Waals surface area contributed by atoms with Crippen molar-refractivity contribution in [1.29, 1.82) is 0 Å². The van der Waals surface area contributed by atoms with Crippen LogP contribution in [0.5, 0.6) is 5.75 Å². The third-order valence-electron chi connectivity index (χ3n) is 4.50. The van der Waals surface area contributed by atoms with Gasteiger partial charge < -0.3 is 10.1 Å². The summed E-state index contributed by atoms with van der Waals surface area (Å²) in [6, 6.07) is 11.5. The summed E-state index contributed by atoms with van der Waals surface area (Å²) < 4.78 is 5.21. The van der Waals surface area contributed by atoms with Gasteiger partial charge in [0, 0.05) is 17.5 Å². The van der Waals surface area contributed by atoms with E-state index >= 15 is 0 Å². The van der Waals surface area contributed by atoms with Crippen molar-refractivity contribution in [2.75, 3.05) is 7.11 Å². The Balaban J connectivity index is 1.47. The van der Waals surface area contributed by atoms with E-state index in [1.54, 1.807) is 7.11 Å². The molecule has 112 valence electrons. The Bertz CT molecular complexity index is 569. The molecule has 1 aliphatic rings. The van der Waals surface area contributed by atoms with Gasteiger partial charge in [0.1, 0.15) is 5.75 Å². The highest BCUT2D eigenvalue weighted by Crippen LogP contribution is 2.37. The first-order valence-electron chi connectivity index (χ1n) is 7.72. The van der Waals surface area contributed by atoms with E-state index in [-0.39, 0.29) is 0 Å². The molecule has 1 aliphatic carbocycles. The summed E-state index contributed by atoms with van der Waals surface area (Å²) >= 11 is 1.88. The molecule has 0 spiro atoms. The number of rotatable bonds is 6. The molecule has 1 fully saturated rings. The van der Waals surface area contributed by atoms with Gasteiger partial charge in [-0.3, -0.25) is 0 Å². The van der Waals surface area contributed by atoms with Crippen molar-refractivity contribution in [3.63, 3.8) is 0 Å². The van der Waals surface area contributed by atoms with Crippen molar-refractivity contribution in [3.05, 3.63) is 51.7 Å². The van der Waals surface area contributed by atoms with Crippen LogP contribution >= 0.6 is 11.3 Å². The fraction of sp³-hybridized carbons (Fsp3) is 0.444. The van der Waals surface area contributed by atoms with Crippen LogP contribution in [-0.2, 0) is 13.0 Å². The second kappa shape index (κ2) is 6.63. The molecule has 0 radical (unpaired) electrons. The average molecular weight is 301 g/mol. The molecule has 0 saturated heterocycles. The van der Waals surface area contributed by atoms with E-state index in [1.807, 2.05) is 11.3 Å². The van der Waals surface area contributed by atoms with Gasteiger partial charge in [-0.25, -0.2) is 0 Å². The minimum atomic E-state index is 0.670. The molecule has 3 rings (SSSR count). The van der Waals surface area contributed by atoms with Gasteiger partial charge in [0.05, 0.1) is 7.11 Å². The third kappa shape index (κ3) is 3.30. The summed E-state index contributed by atoms with van der Waals surface area (Å²) in [5.74, 6) is 1.65. The number of thiophene rings is 1. The van der Waals surface area contributed by atoms with E-state index < -0.39 is 0 Å². The summed E-state index contributed by atoms with van der Waals surface area (Å²) in [5, 5.41) is 5.91. The number of benzene rings is 1. The molecular formula is C18H23NOS. The molecule has 0 aliphatic heterocycles.